The Bertz CT molecular complexity index is 1850. The van der Waals surface area contributed by atoms with Gasteiger partial charge in [0.1, 0.15) is 146 Å². The maximum atomic E-state index is 11.9. The molecular weight excluding hydrogens is 1010 g/mol. The van der Waals surface area contributed by atoms with Crippen molar-refractivity contribution in [1.29, 1.82) is 0 Å². The Morgan fingerprint density at radius 2 is 0.541 bits per heavy atom. The van der Waals surface area contributed by atoms with Crippen LogP contribution in [0.2, 0.25) is 0 Å². The summed E-state index contributed by atoms with van der Waals surface area (Å²) in [6, 6.07) is 8.91. The first-order valence-electron chi connectivity index (χ1n) is 24.1. The molecule has 424 valence electrons. The van der Waals surface area contributed by atoms with Crippen molar-refractivity contribution in [1.82, 2.24) is 0 Å². The minimum Gasteiger partial charge on any atom is -0.394 e. The van der Waals surface area contributed by atoms with Crippen LogP contribution in [0.3, 0.4) is 0 Å². The van der Waals surface area contributed by atoms with Gasteiger partial charge >= 0.3 is 0 Å². The predicted molar refractivity (Wildman–Crippen MR) is 230 cm³/mol. The van der Waals surface area contributed by atoms with Crippen molar-refractivity contribution in [3.8, 4) is 0 Å². The van der Waals surface area contributed by atoms with Crippen LogP contribution in [-0.4, -0.2) is 317 Å². The van der Waals surface area contributed by atoms with Crippen LogP contribution in [0.4, 0.5) is 0 Å². The molecule has 0 spiro atoms. The Balaban J connectivity index is 1.11. The van der Waals surface area contributed by atoms with Crippen LogP contribution < -0.4 is 0 Å². The third kappa shape index (κ3) is 11.8. The minimum atomic E-state index is -2.15. The Labute approximate surface area is 420 Å². The van der Waals surface area contributed by atoms with Crippen LogP contribution in [0, 0.1) is 0 Å². The average molecular weight is 1080 g/mol. The zero-order chi connectivity index (χ0) is 53.3. The fraction of sp³-hybridized carbons (Fsp3) is 0.864. The van der Waals surface area contributed by atoms with Gasteiger partial charge in [-0.25, -0.2) is 0 Å². The van der Waals surface area contributed by atoms with E-state index in [0.29, 0.717) is 0 Å². The third-order valence-electron chi connectivity index (χ3n) is 14.2. The van der Waals surface area contributed by atoms with Gasteiger partial charge in [-0.05, 0) is 12.0 Å². The third-order valence-corrected chi connectivity index (χ3v) is 14.2. The lowest BCUT2D eigenvalue weighted by Gasteiger charge is -2.51. The highest BCUT2D eigenvalue weighted by Gasteiger charge is 2.59. The summed E-state index contributed by atoms with van der Waals surface area (Å²) in [6.07, 6.45) is -56.9. The Morgan fingerprint density at radius 1 is 0.297 bits per heavy atom. The van der Waals surface area contributed by atoms with Gasteiger partial charge in [-0.1, -0.05) is 30.3 Å². The van der Waals surface area contributed by atoms with E-state index in [1.54, 1.807) is 30.3 Å². The van der Waals surface area contributed by atoms with Crippen molar-refractivity contribution < 1.29 is 148 Å². The Morgan fingerprint density at radius 3 is 0.811 bits per heavy atom. The zero-order valence-electron chi connectivity index (χ0n) is 39.3. The predicted octanol–water partition coefficient (Wildman–Crippen LogP) is -10.8. The van der Waals surface area contributed by atoms with E-state index in [1.165, 1.54) is 0 Å². The monoisotopic (exact) mass is 1080 g/mol. The number of aliphatic hydroxyl groups excluding tert-OH is 17. The lowest BCUT2D eigenvalue weighted by molar-refractivity contribution is -0.404. The molecule has 30 nitrogen and oxygen atoms in total. The van der Waals surface area contributed by atoms with E-state index < -0.39 is 224 Å². The molecule has 1 aromatic rings. The van der Waals surface area contributed by atoms with E-state index in [0.717, 1.165) is 5.56 Å². The molecule has 74 heavy (non-hydrogen) atoms. The van der Waals surface area contributed by atoms with Crippen molar-refractivity contribution in [3.05, 3.63) is 35.9 Å². The first-order valence-corrected chi connectivity index (χ1v) is 24.1. The van der Waals surface area contributed by atoms with Gasteiger partial charge in [0.15, 0.2) is 37.7 Å². The molecule has 0 saturated carbocycles. The topological polar surface area (TPSA) is 464 Å². The molecule has 22 fully saturated rings. The standard InChI is InChI=1S/C44H68O30/c45-8-15-32-21(51)26(56)39(63-15)70-33-16(9-46)65-41(28(58)23(33)53)72-35-18(11-48)67-43(30(60)25(35)55)74-37-20(13-50)68-44(31(61)38(37)62-7-6-14-4-2-1-3-5-14)73-36-19(12-49)66-42(29(59)24(36)54)71-34-17(10-47)64-40(69-32)27(57)22(34)52/h1-5,15-61H,6-13H2/t15-,16-,17-,18-,19-,20-,21-,22-,23-,24-,25-,26-,27-,28-,29-,30-,31-,32-,33-,34-,35-,36-,37+,38-,39-,40-,41-,42-,43-,44-/m1/s1. The van der Waals surface area contributed by atoms with Gasteiger partial charge in [-0.15, -0.1) is 0 Å². The molecule has 0 amide bonds. The van der Waals surface area contributed by atoms with Gasteiger partial charge in [0, 0.05) is 0 Å². The van der Waals surface area contributed by atoms with E-state index in [1.807, 2.05) is 0 Å². The van der Waals surface area contributed by atoms with Crippen LogP contribution in [0.1, 0.15) is 5.56 Å². The molecular formula is C44H68O30. The fourth-order valence-electron chi connectivity index (χ4n) is 10.1. The lowest BCUT2D eigenvalue weighted by atomic mass is 9.94. The SMILES string of the molecule is OC[C@H]1O[C@@H]2O[C@H]3[C@H](O)[C@@H](O)[C@@H](O[C@H]4[C@H](O)[C@@H](O)[C@@H](O[C@H]5[C@H](O)[C@@H](O)[C@@H](O[C@H]6[C@H](O)[C@@H](O)[C@@H](O[C@H]7[C@H](O)[C@@H](O)[C@@H](O[C@@H]1[C@H](OCCc1ccccc1)[C@H]2O)O[C@@H]7CO)O[C@@H]6CO)O[C@@H]5CO)O[C@@H]4CO)O[C@@H]3CO. The Hall–Kier alpha value is -1.98. The summed E-state index contributed by atoms with van der Waals surface area (Å²) < 4.78 is 76.0. The number of aliphatic hydroxyl groups is 17. The van der Waals surface area contributed by atoms with Gasteiger partial charge in [0.05, 0.1) is 46.2 Å². The molecule has 12 bridgehead atoms. The number of hydrogen-bond acceptors (Lipinski definition) is 30. The van der Waals surface area contributed by atoms with Gasteiger partial charge in [-0.3, -0.25) is 0 Å². The van der Waals surface area contributed by atoms with Crippen molar-refractivity contribution >= 4 is 0 Å². The summed E-state index contributed by atoms with van der Waals surface area (Å²) in [5.41, 5.74) is 0.793. The summed E-state index contributed by atoms with van der Waals surface area (Å²) in [4.78, 5) is 0. The van der Waals surface area contributed by atoms with E-state index >= 15 is 0 Å². The normalized spacial score (nSPS) is 50.6. The number of benzene rings is 1. The summed E-state index contributed by atoms with van der Waals surface area (Å²) in [6.45, 7) is -6.00. The van der Waals surface area contributed by atoms with Crippen LogP contribution in [0.15, 0.2) is 30.3 Å². The van der Waals surface area contributed by atoms with E-state index in [-0.39, 0.29) is 13.0 Å². The molecule has 30 heteroatoms. The van der Waals surface area contributed by atoms with Crippen LogP contribution in [0.25, 0.3) is 0 Å². The quantitative estimate of drug-likeness (QED) is 0.103. The van der Waals surface area contributed by atoms with Gasteiger partial charge in [-0.2, -0.15) is 0 Å². The smallest absolute Gasteiger partial charge is 0.187 e. The minimum absolute atomic E-state index is 0.141. The highest BCUT2D eigenvalue weighted by Crippen LogP contribution is 2.38. The van der Waals surface area contributed by atoms with E-state index in [4.69, 9.17) is 61.6 Å². The highest BCUT2D eigenvalue weighted by atomic mass is 16.8. The second-order valence-corrected chi connectivity index (χ2v) is 18.9. The number of hydrogen-bond donors (Lipinski definition) is 17. The maximum absolute atomic E-state index is 11.9. The summed E-state index contributed by atoms with van der Waals surface area (Å²) in [5, 5.41) is 188. The van der Waals surface area contributed by atoms with Crippen molar-refractivity contribution in [2.45, 2.75) is 191 Å². The molecule has 0 unspecified atom stereocenters. The highest BCUT2D eigenvalue weighted by molar-refractivity contribution is 5.14. The summed E-state index contributed by atoms with van der Waals surface area (Å²) >= 11 is 0. The molecule has 0 aromatic heterocycles. The van der Waals surface area contributed by atoms with Crippen molar-refractivity contribution in [3.63, 3.8) is 0 Å². The lowest BCUT2D eigenvalue weighted by Crippen LogP contribution is -2.69. The second-order valence-electron chi connectivity index (χ2n) is 18.9. The van der Waals surface area contributed by atoms with Crippen LogP contribution in [0.5, 0.6) is 0 Å². The molecule has 1 aromatic carbocycles. The van der Waals surface area contributed by atoms with Gasteiger partial charge in [0.25, 0.3) is 0 Å². The van der Waals surface area contributed by atoms with Crippen molar-refractivity contribution in [2.24, 2.45) is 0 Å². The van der Waals surface area contributed by atoms with E-state index in [9.17, 15) is 86.8 Å². The molecule has 22 saturated heterocycles. The maximum Gasteiger partial charge on any atom is 0.187 e. The second kappa shape index (κ2) is 25.4. The first kappa shape index (κ1) is 58.2. The number of ether oxygens (including phenoxy) is 13. The Kier molecular flexibility index (Phi) is 20.0. The van der Waals surface area contributed by atoms with E-state index in [2.05, 4.69) is 0 Å². The molecule has 22 aliphatic heterocycles. The molecule has 22 aliphatic rings. The largest absolute Gasteiger partial charge is 0.394 e. The summed E-state index contributed by atoms with van der Waals surface area (Å²) in [5.74, 6) is 0. The van der Waals surface area contributed by atoms with Crippen LogP contribution in [-0.2, 0) is 68.0 Å². The average Bonchev–Trinajstić information content (AvgIpc) is 3.40. The van der Waals surface area contributed by atoms with Crippen LogP contribution >= 0.6 is 0 Å². The van der Waals surface area contributed by atoms with Gasteiger partial charge < -0.3 is 148 Å². The first-order chi connectivity index (χ1) is 35.5. The molecule has 0 aliphatic carbocycles. The zero-order valence-corrected chi connectivity index (χ0v) is 39.3. The molecule has 30 atom stereocenters. The molecule has 17 N–H and O–H groups in total. The molecule has 22 heterocycles. The number of rotatable bonds is 10. The van der Waals surface area contributed by atoms with Gasteiger partial charge in [0.2, 0.25) is 0 Å². The molecule has 23 rings (SSSR count). The molecule has 0 radical (unpaired) electrons. The fourth-order valence-corrected chi connectivity index (χ4v) is 10.1. The summed E-state index contributed by atoms with van der Waals surface area (Å²) in [7, 11) is 0. The van der Waals surface area contributed by atoms with Crippen molar-refractivity contribution in [2.75, 3.05) is 46.2 Å².